The summed E-state index contributed by atoms with van der Waals surface area (Å²) in [6, 6.07) is 19.1. The van der Waals surface area contributed by atoms with Crippen LogP contribution in [0.4, 0.5) is 0 Å². The molecule has 0 amide bonds. The standard InChI is InChI=1S/C22H22O4/c1-2-17(16-11-7-4-8-12-16)20(23)19-21(24)18(26-22(19)25)14-13-15-9-5-3-6-10-15/h3-12,17-18,23H,2,13-14H2,1H3/t17-,18?/m0/s1. The molecule has 1 aliphatic rings. The fraction of sp³-hybridized carbons (Fsp3) is 0.273. The van der Waals surface area contributed by atoms with E-state index in [9.17, 15) is 14.7 Å². The van der Waals surface area contributed by atoms with Gasteiger partial charge in [-0.15, -0.1) is 0 Å². The van der Waals surface area contributed by atoms with E-state index in [1.54, 1.807) is 0 Å². The number of hydrogen-bond donors (Lipinski definition) is 1. The molecule has 2 atom stereocenters. The number of carbonyl (C=O) groups is 2. The molecule has 0 aromatic heterocycles. The summed E-state index contributed by atoms with van der Waals surface area (Å²) in [5, 5.41) is 10.7. The Balaban J connectivity index is 1.79. The van der Waals surface area contributed by atoms with Gasteiger partial charge < -0.3 is 9.84 Å². The van der Waals surface area contributed by atoms with Crippen LogP contribution < -0.4 is 0 Å². The van der Waals surface area contributed by atoms with Crippen LogP contribution in [0.25, 0.3) is 0 Å². The monoisotopic (exact) mass is 350 g/mol. The number of aliphatic hydroxyl groups excluding tert-OH is 1. The van der Waals surface area contributed by atoms with Gasteiger partial charge in [-0.25, -0.2) is 4.79 Å². The summed E-state index contributed by atoms with van der Waals surface area (Å²) in [5.41, 5.74) is 1.75. The third-order valence-corrected chi connectivity index (χ3v) is 4.73. The number of cyclic esters (lactones) is 1. The average molecular weight is 350 g/mol. The molecule has 2 aromatic rings. The van der Waals surface area contributed by atoms with E-state index < -0.39 is 23.8 Å². The van der Waals surface area contributed by atoms with E-state index in [4.69, 9.17) is 4.74 Å². The third-order valence-electron chi connectivity index (χ3n) is 4.73. The maximum absolute atomic E-state index is 12.7. The van der Waals surface area contributed by atoms with Crippen molar-refractivity contribution in [3.63, 3.8) is 0 Å². The van der Waals surface area contributed by atoms with Gasteiger partial charge in [0.25, 0.3) is 0 Å². The van der Waals surface area contributed by atoms with Gasteiger partial charge in [0, 0.05) is 5.92 Å². The zero-order chi connectivity index (χ0) is 18.5. The highest BCUT2D eigenvalue weighted by Gasteiger charge is 2.41. The van der Waals surface area contributed by atoms with Crippen LogP contribution in [0.3, 0.4) is 0 Å². The molecule has 0 saturated carbocycles. The summed E-state index contributed by atoms with van der Waals surface area (Å²) in [6.07, 6.45) is 0.796. The number of ether oxygens (including phenoxy) is 1. The van der Waals surface area contributed by atoms with E-state index in [2.05, 4.69) is 0 Å². The number of esters is 1. The second kappa shape index (κ2) is 8.00. The van der Waals surface area contributed by atoms with Crippen molar-refractivity contribution in [2.45, 2.75) is 38.2 Å². The normalized spacial score (nSPS) is 20.0. The number of aryl methyl sites for hydroxylation is 1. The molecule has 1 unspecified atom stereocenters. The van der Waals surface area contributed by atoms with Gasteiger partial charge in [0.15, 0.2) is 6.10 Å². The van der Waals surface area contributed by atoms with Crippen molar-refractivity contribution in [1.82, 2.24) is 0 Å². The first-order chi connectivity index (χ1) is 12.6. The topological polar surface area (TPSA) is 63.6 Å². The van der Waals surface area contributed by atoms with Crippen molar-refractivity contribution < 1.29 is 19.4 Å². The van der Waals surface area contributed by atoms with Gasteiger partial charge in [0.1, 0.15) is 11.3 Å². The molecule has 1 fully saturated rings. The van der Waals surface area contributed by atoms with Crippen molar-refractivity contribution in [1.29, 1.82) is 0 Å². The zero-order valence-corrected chi connectivity index (χ0v) is 14.7. The molecule has 0 bridgehead atoms. The van der Waals surface area contributed by atoms with Crippen molar-refractivity contribution >= 4 is 11.8 Å². The molecular weight excluding hydrogens is 328 g/mol. The Morgan fingerprint density at radius 1 is 1.04 bits per heavy atom. The Morgan fingerprint density at radius 2 is 1.65 bits per heavy atom. The van der Waals surface area contributed by atoms with Crippen LogP contribution in [0, 0.1) is 0 Å². The largest absolute Gasteiger partial charge is 0.511 e. The molecule has 1 heterocycles. The highest BCUT2D eigenvalue weighted by molar-refractivity contribution is 6.23. The maximum Gasteiger partial charge on any atom is 0.346 e. The minimum absolute atomic E-state index is 0.184. The lowest BCUT2D eigenvalue weighted by atomic mass is 9.90. The fourth-order valence-electron chi connectivity index (χ4n) is 3.31. The van der Waals surface area contributed by atoms with Crippen LogP contribution >= 0.6 is 0 Å². The summed E-state index contributed by atoms with van der Waals surface area (Å²) >= 11 is 0. The van der Waals surface area contributed by atoms with E-state index >= 15 is 0 Å². The second-order valence-electron chi connectivity index (χ2n) is 6.41. The molecule has 0 spiro atoms. The highest BCUT2D eigenvalue weighted by Crippen LogP contribution is 2.32. The van der Waals surface area contributed by atoms with Crippen LogP contribution in [0.1, 0.15) is 36.8 Å². The molecule has 2 aromatic carbocycles. The Kier molecular flexibility index (Phi) is 5.52. The van der Waals surface area contributed by atoms with Gasteiger partial charge in [0.2, 0.25) is 5.78 Å². The first kappa shape index (κ1) is 17.9. The van der Waals surface area contributed by atoms with Crippen molar-refractivity contribution in [2.24, 2.45) is 0 Å². The SMILES string of the molecule is CC[C@H](C(O)=C1C(=O)OC(CCc2ccccc2)C1=O)c1ccccc1. The van der Waals surface area contributed by atoms with E-state index in [1.807, 2.05) is 67.6 Å². The third kappa shape index (κ3) is 3.69. The van der Waals surface area contributed by atoms with Crippen LogP contribution in [0.5, 0.6) is 0 Å². The van der Waals surface area contributed by atoms with E-state index in [-0.39, 0.29) is 11.3 Å². The first-order valence-electron chi connectivity index (χ1n) is 8.89. The minimum Gasteiger partial charge on any atom is -0.511 e. The number of benzene rings is 2. The average Bonchev–Trinajstić information content (AvgIpc) is 2.95. The van der Waals surface area contributed by atoms with E-state index in [0.29, 0.717) is 19.3 Å². The van der Waals surface area contributed by atoms with E-state index in [0.717, 1.165) is 11.1 Å². The summed E-state index contributed by atoms with van der Waals surface area (Å²) in [5.74, 6) is -1.72. The predicted molar refractivity (Wildman–Crippen MR) is 98.8 cm³/mol. The molecule has 134 valence electrons. The first-order valence-corrected chi connectivity index (χ1v) is 8.89. The van der Waals surface area contributed by atoms with Crippen molar-refractivity contribution in [3.8, 4) is 0 Å². The highest BCUT2D eigenvalue weighted by atomic mass is 16.6. The Hall–Kier alpha value is -2.88. The molecule has 3 rings (SSSR count). The number of aliphatic hydroxyl groups is 1. The zero-order valence-electron chi connectivity index (χ0n) is 14.7. The molecule has 1 N–H and O–H groups in total. The second-order valence-corrected chi connectivity index (χ2v) is 6.41. The van der Waals surface area contributed by atoms with E-state index in [1.165, 1.54) is 0 Å². The molecule has 26 heavy (non-hydrogen) atoms. The maximum atomic E-state index is 12.7. The van der Waals surface area contributed by atoms with Gasteiger partial charge in [-0.3, -0.25) is 4.79 Å². The lowest BCUT2D eigenvalue weighted by Crippen LogP contribution is -2.18. The van der Waals surface area contributed by atoms with Crippen LogP contribution in [0.15, 0.2) is 72.0 Å². The number of Topliss-reactive ketones (excluding diaryl/α,β-unsaturated/α-hetero) is 1. The molecule has 1 saturated heterocycles. The molecule has 4 heteroatoms. The molecule has 0 radical (unpaired) electrons. The van der Waals surface area contributed by atoms with Crippen LogP contribution in [0.2, 0.25) is 0 Å². The Morgan fingerprint density at radius 3 is 2.27 bits per heavy atom. The van der Waals surface area contributed by atoms with Crippen LogP contribution in [-0.4, -0.2) is 23.0 Å². The van der Waals surface area contributed by atoms with Crippen molar-refractivity contribution in [2.75, 3.05) is 0 Å². The van der Waals surface area contributed by atoms with Gasteiger partial charge in [0.05, 0.1) is 0 Å². The van der Waals surface area contributed by atoms with Gasteiger partial charge in [-0.1, -0.05) is 67.6 Å². The fourth-order valence-corrected chi connectivity index (χ4v) is 3.31. The summed E-state index contributed by atoms with van der Waals surface area (Å²) in [6.45, 7) is 1.91. The summed E-state index contributed by atoms with van der Waals surface area (Å²) in [4.78, 5) is 24.9. The summed E-state index contributed by atoms with van der Waals surface area (Å²) in [7, 11) is 0. The molecule has 0 aliphatic carbocycles. The molecule has 4 nitrogen and oxygen atoms in total. The smallest absolute Gasteiger partial charge is 0.346 e. The Labute approximate surface area is 153 Å². The Bertz CT molecular complexity index is 809. The van der Waals surface area contributed by atoms with Gasteiger partial charge in [-0.2, -0.15) is 0 Å². The number of hydrogen-bond acceptors (Lipinski definition) is 4. The number of ketones is 1. The number of carbonyl (C=O) groups excluding carboxylic acids is 2. The quantitative estimate of drug-likeness (QED) is 0.368. The lowest BCUT2D eigenvalue weighted by Gasteiger charge is -2.15. The summed E-state index contributed by atoms with van der Waals surface area (Å²) < 4.78 is 5.25. The lowest BCUT2D eigenvalue weighted by molar-refractivity contribution is -0.141. The molecule has 1 aliphatic heterocycles. The number of rotatable bonds is 6. The van der Waals surface area contributed by atoms with Crippen LogP contribution in [-0.2, 0) is 20.7 Å². The predicted octanol–water partition coefficient (Wildman–Crippen LogP) is 4.12. The minimum atomic E-state index is -0.826. The van der Waals surface area contributed by atoms with Gasteiger partial charge in [-0.05, 0) is 30.4 Å². The number of allylic oxidation sites excluding steroid dienone is 1. The van der Waals surface area contributed by atoms with Gasteiger partial charge >= 0.3 is 5.97 Å². The van der Waals surface area contributed by atoms with Crippen molar-refractivity contribution in [3.05, 3.63) is 83.1 Å². The molecular formula is C22H22O4.